The van der Waals surface area contributed by atoms with Crippen molar-refractivity contribution >= 4 is 34.3 Å². The van der Waals surface area contributed by atoms with E-state index in [4.69, 9.17) is 0 Å². The molecule has 1 atom stereocenters. The number of aromatic amines is 1. The third kappa shape index (κ3) is 3.33. The van der Waals surface area contributed by atoms with Crippen molar-refractivity contribution < 1.29 is 4.79 Å². The van der Waals surface area contributed by atoms with Crippen molar-refractivity contribution in [1.29, 1.82) is 0 Å². The van der Waals surface area contributed by atoms with Gasteiger partial charge in [-0.3, -0.25) is 9.59 Å². The van der Waals surface area contributed by atoms with Crippen LogP contribution in [0, 0.1) is 0 Å². The second-order valence-corrected chi connectivity index (χ2v) is 8.85. The second-order valence-electron chi connectivity index (χ2n) is 7.88. The van der Waals surface area contributed by atoms with Gasteiger partial charge in [0, 0.05) is 11.2 Å². The van der Waals surface area contributed by atoms with Crippen LogP contribution in [0.1, 0.15) is 38.7 Å². The van der Waals surface area contributed by atoms with Gasteiger partial charge in [-0.05, 0) is 49.9 Å². The molecule has 0 aliphatic carbocycles. The van der Waals surface area contributed by atoms with Gasteiger partial charge in [-0.2, -0.15) is 0 Å². The van der Waals surface area contributed by atoms with E-state index in [9.17, 15) is 9.59 Å². The summed E-state index contributed by atoms with van der Waals surface area (Å²) in [6.45, 7) is 6.43. The number of benzene rings is 2. The SMILES string of the molecule is C[C@@H]1CC(C)(C)N(C(=O)CSc2nc3ccccc3c(=O)[nH]2)c2ccccc21. The lowest BCUT2D eigenvalue weighted by Crippen LogP contribution is -2.52. The Bertz CT molecular complexity index is 1110. The molecule has 28 heavy (non-hydrogen) atoms. The molecule has 5 nitrogen and oxygen atoms in total. The Labute approximate surface area is 168 Å². The van der Waals surface area contributed by atoms with Gasteiger partial charge in [0.1, 0.15) is 0 Å². The Morgan fingerprint density at radius 2 is 1.93 bits per heavy atom. The highest BCUT2D eigenvalue weighted by Gasteiger charge is 2.39. The lowest BCUT2D eigenvalue weighted by molar-refractivity contribution is -0.117. The number of nitrogens with one attached hydrogen (secondary N) is 1. The molecule has 144 valence electrons. The number of thioether (sulfide) groups is 1. The predicted octanol–water partition coefficient (Wildman–Crippen LogP) is 4.33. The highest BCUT2D eigenvalue weighted by atomic mass is 32.2. The number of aromatic nitrogens is 2. The predicted molar refractivity (Wildman–Crippen MR) is 114 cm³/mol. The van der Waals surface area contributed by atoms with Crippen molar-refractivity contribution in [3.8, 4) is 0 Å². The molecule has 3 aromatic rings. The number of carbonyl (C=O) groups excluding carboxylic acids is 1. The number of hydrogen-bond acceptors (Lipinski definition) is 4. The Hall–Kier alpha value is -2.60. The molecule has 1 N–H and O–H groups in total. The molecule has 0 saturated heterocycles. The summed E-state index contributed by atoms with van der Waals surface area (Å²) in [7, 11) is 0. The van der Waals surface area contributed by atoms with Crippen molar-refractivity contribution in [3.63, 3.8) is 0 Å². The molecular weight excluding hydrogens is 370 g/mol. The Morgan fingerprint density at radius 1 is 1.21 bits per heavy atom. The molecule has 1 aliphatic rings. The van der Waals surface area contributed by atoms with Crippen molar-refractivity contribution in [2.45, 2.75) is 43.8 Å². The number of para-hydroxylation sites is 2. The van der Waals surface area contributed by atoms with E-state index in [1.807, 2.05) is 41.3 Å². The zero-order valence-corrected chi connectivity index (χ0v) is 17.0. The summed E-state index contributed by atoms with van der Waals surface area (Å²) in [4.78, 5) is 34.6. The van der Waals surface area contributed by atoms with E-state index in [-0.39, 0.29) is 22.8 Å². The van der Waals surface area contributed by atoms with Crippen LogP contribution in [-0.2, 0) is 4.79 Å². The van der Waals surface area contributed by atoms with Gasteiger partial charge in [0.15, 0.2) is 5.16 Å². The smallest absolute Gasteiger partial charge is 0.259 e. The van der Waals surface area contributed by atoms with Gasteiger partial charge in [0.25, 0.3) is 5.56 Å². The molecule has 2 aromatic carbocycles. The summed E-state index contributed by atoms with van der Waals surface area (Å²) in [5.41, 5.74) is 2.38. The molecule has 0 fully saturated rings. The first-order valence-corrected chi connectivity index (χ1v) is 10.4. The molecule has 1 aromatic heterocycles. The average Bonchev–Trinajstić information content (AvgIpc) is 2.66. The van der Waals surface area contributed by atoms with Gasteiger partial charge in [0.05, 0.1) is 16.7 Å². The first-order chi connectivity index (χ1) is 13.4. The quantitative estimate of drug-likeness (QED) is 0.531. The van der Waals surface area contributed by atoms with Gasteiger partial charge >= 0.3 is 0 Å². The maximum atomic E-state index is 13.2. The minimum Gasteiger partial charge on any atom is -0.306 e. The lowest BCUT2D eigenvalue weighted by atomic mass is 9.80. The van der Waals surface area contributed by atoms with Gasteiger partial charge in [0.2, 0.25) is 5.91 Å². The van der Waals surface area contributed by atoms with Crippen LogP contribution in [0.25, 0.3) is 10.9 Å². The van der Waals surface area contributed by atoms with Crippen molar-refractivity contribution in [3.05, 3.63) is 64.4 Å². The first kappa shape index (κ1) is 18.7. The summed E-state index contributed by atoms with van der Waals surface area (Å²) in [5, 5.41) is 1.02. The summed E-state index contributed by atoms with van der Waals surface area (Å²) in [6, 6.07) is 15.3. The largest absolute Gasteiger partial charge is 0.306 e. The lowest BCUT2D eigenvalue weighted by Gasteiger charge is -2.46. The van der Waals surface area contributed by atoms with Crippen LogP contribution in [0.2, 0.25) is 0 Å². The van der Waals surface area contributed by atoms with E-state index in [1.165, 1.54) is 17.3 Å². The third-order valence-electron chi connectivity index (χ3n) is 5.29. The van der Waals surface area contributed by atoms with Crippen LogP contribution in [0.15, 0.2) is 58.5 Å². The van der Waals surface area contributed by atoms with E-state index >= 15 is 0 Å². The minimum atomic E-state index is -0.268. The maximum absolute atomic E-state index is 13.2. The van der Waals surface area contributed by atoms with Crippen molar-refractivity contribution in [1.82, 2.24) is 9.97 Å². The van der Waals surface area contributed by atoms with E-state index in [2.05, 4.69) is 36.8 Å². The van der Waals surface area contributed by atoms with Gasteiger partial charge < -0.3 is 9.88 Å². The number of anilines is 1. The monoisotopic (exact) mass is 393 g/mol. The van der Waals surface area contributed by atoms with Crippen LogP contribution in [-0.4, -0.2) is 27.2 Å². The van der Waals surface area contributed by atoms with Crippen molar-refractivity contribution in [2.24, 2.45) is 0 Å². The molecular formula is C22H23N3O2S. The normalized spacial score (nSPS) is 18.1. The number of rotatable bonds is 3. The topological polar surface area (TPSA) is 66.1 Å². The van der Waals surface area contributed by atoms with Crippen LogP contribution in [0.4, 0.5) is 5.69 Å². The van der Waals surface area contributed by atoms with Gasteiger partial charge in [-0.1, -0.05) is 49.0 Å². The zero-order valence-electron chi connectivity index (χ0n) is 16.2. The number of fused-ring (bicyclic) bond motifs is 2. The van der Waals surface area contributed by atoms with Gasteiger partial charge in [-0.15, -0.1) is 0 Å². The Balaban J connectivity index is 1.60. The summed E-state index contributed by atoms with van der Waals surface area (Å²) >= 11 is 1.27. The van der Waals surface area contributed by atoms with E-state index in [0.717, 1.165) is 12.1 Å². The number of amides is 1. The number of carbonyl (C=O) groups is 1. The van der Waals surface area contributed by atoms with Crippen molar-refractivity contribution in [2.75, 3.05) is 10.7 Å². The number of hydrogen-bond donors (Lipinski definition) is 1. The fourth-order valence-electron chi connectivity index (χ4n) is 4.18. The standard InChI is InChI=1S/C22H23N3O2S/c1-14-12-22(2,3)25(18-11-7-5-8-15(14)18)19(26)13-28-21-23-17-10-6-4-9-16(17)20(27)24-21/h4-11,14H,12-13H2,1-3H3,(H,23,24,27)/t14-/m1/s1. The summed E-state index contributed by atoms with van der Waals surface area (Å²) < 4.78 is 0. The van der Waals surface area contributed by atoms with Gasteiger partial charge in [-0.25, -0.2) is 4.98 Å². The van der Waals surface area contributed by atoms with E-state index < -0.39 is 0 Å². The van der Waals surface area contributed by atoms with Crippen LogP contribution in [0.5, 0.6) is 0 Å². The first-order valence-electron chi connectivity index (χ1n) is 9.41. The molecule has 0 bridgehead atoms. The molecule has 1 aliphatic heterocycles. The number of nitrogens with zero attached hydrogens (tertiary/aromatic N) is 2. The van der Waals surface area contributed by atoms with Crippen LogP contribution < -0.4 is 10.5 Å². The van der Waals surface area contributed by atoms with E-state index in [0.29, 0.717) is 22.0 Å². The highest BCUT2D eigenvalue weighted by molar-refractivity contribution is 7.99. The minimum absolute atomic E-state index is 0.0187. The molecule has 1 amide bonds. The molecule has 4 rings (SSSR count). The number of H-pyrrole nitrogens is 1. The fourth-order valence-corrected chi connectivity index (χ4v) is 4.90. The zero-order chi connectivity index (χ0) is 19.9. The second kappa shape index (κ2) is 7.09. The maximum Gasteiger partial charge on any atom is 0.259 e. The third-order valence-corrected chi connectivity index (χ3v) is 6.15. The molecule has 0 spiro atoms. The Morgan fingerprint density at radius 3 is 2.75 bits per heavy atom. The molecule has 6 heteroatoms. The Kier molecular flexibility index (Phi) is 4.75. The molecule has 0 unspecified atom stereocenters. The highest BCUT2D eigenvalue weighted by Crippen LogP contribution is 2.43. The van der Waals surface area contributed by atoms with Crippen LogP contribution >= 0.6 is 11.8 Å². The fraction of sp³-hybridized carbons (Fsp3) is 0.318. The molecule has 0 saturated carbocycles. The molecule has 0 radical (unpaired) electrons. The van der Waals surface area contributed by atoms with E-state index in [1.54, 1.807) is 6.07 Å². The summed E-state index contributed by atoms with van der Waals surface area (Å²) in [6.07, 6.45) is 0.908. The molecule has 2 heterocycles. The summed E-state index contributed by atoms with van der Waals surface area (Å²) in [5.74, 6) is 0.638. The average molecular weight is 394 g/mol. The van der Waals surface area contributed by atoms with Crippen LogP contribution in [0.3, 0.4) is 0 Å².